The van der Waals surface area contributed by atoms with Gasteiger partial charge in [0.25, 0.3) is 0 Å². The summed E-state index contributed by atoms with van der Waals surface area (Å²) < 4.78 is 7.67. The molecule has 0 aromatic carbocycles. The molecule has 0 radical (unpaired) electrons. The summed E-state index contributed by atoms with van der Waals surface area (Å²) in [6, 6.07) is 3.60. The van der Waals surface area contributed by atoms with Gasteiger partial charge in [-0.05, 0) is 26.8 Å². The summed E-state index contributed by atoms with van der Waals surface area (Å²) in [4.78, 5) is 8.58. The molecule has 30 heavy (non-hydrogen) atoms. The number of pyridine rings is 2. The Kier molecular flexibility index (Phi) is 5.40. The molecule has 156 valence electrons. The van der Waals surface area contributed by atoms with E-state index in [2.05, 4.69) is 25.3 Å². The molecule has 4 aromatic heterocycles. The maximum atomic E-state index is 10.0. The SMILES string of the molecule is C[C@@H](Oc1ccc2[nH]nc(-c3cnn(CC(C)(C)O)c3)c2n1)c1c(Cl)cncc1Cl. The van der Waals surface area contributed by atoms with Gasteiger partial charge in [0.15, 0.2) is 0 Å². The topological polar surface area (TPSA) is 102 Å². The molecule has 0 saturated carbocycles. The molecule has 0 fully saturated rings. The van der Waals surface area contributed by atoms with Crippen LogP contribution < -0.4 is 4.74 Å². The Balaban J connectivity index is 1.64. The third-order valence-corrected chi connectivity index (χ3v) is 5.03. The molecule has 8 nitrogen and oxygen atoms in total. The van der Waals surface area contributed by atoms with Crippen molar-refractivity contribution in [1.29, 1.82) is 0 Å². The van der Waals surface area contributed by atoms with Gasteiger partial charge in [-0.3, -0.25) is 14.8 Å². The number of nitrogens with one attached hydrogen (secondary N) is 1. The van der Waals surface area contributed by atoms with E-state index in [1.165, 1.54) is 12.4 Å². The lowest BCUT2D eigenvalue weighted by molar-refractivity contribution is 0.0577. The van der Waals surface area contributed by atoms with E-state index in [0.29, 0.717) is 39.2 Å². The number of hydrogen-bond donors (Lipinski definition) is 2. The summed E-state index contributed by atoms with van der Waals surface area (Å²) in [5.74, 6) is 0.408. The molecule has 0 bridgehead atoms. The first-order chi connectivity index (χ1) is 14.2. The van der Waals surface area contributed by atoms with Gasteiger partial charge in [0.05, 0.1) is 33.9 Å². The smallest absolute Gasteiger partial charge is 0.214 e. The minimum absolute atomic E-state index is 0.363. The summed E-state index contributed by atoms with van der Waals surface area (Å²) >= 11 is 12.5. The fourth-order valence-electron chi connectivity index (χ4n) is 3.17. The molecule has 0 aliphatic rings. The monoisotopic (exact) mass is 446 g/mol. The zero-order chi connectivity index (χ0) is 21.5. The minimum atomic E-state index is -0.873. The number of halogens is 2. The second-order valence-electron chi connectivity index (χ2n) is 7.63. The Morgan fingerprint density at radius 2 is 1.93 bits per heavy atom. The van der Waals surface area contributed by atoms with Crippen molar-refractivity contribution >= 4 is 34.2 Å². The van der Waals surface area contributed by atoms with E-state index in [9.17, 15) is 5.11 Å². The van der Waals surface area contributed by atoms with Crippen molar-refractivity contribution in [3.63, 3.8) is 0 Å². The molecule has 2 N–H and O–H groups in total. The highest BCUT2D eigenvalue weighted by molar-refractivity contribution is 6.35. The van der Waals surface area contributed by atoms with Crippen LogP contribution in [0, 0.1) is 0 Å². The molecular weight excluding hydrogens is 427 g/mol. The molecule has 0 aliphatic heterocycles. The van der Waals surface area contributed by atoms with Crippen molar-refractivity contribution in [3.8, 4) is 17.1 Å². The minimum Gasteiger partial charge on any atom is -0.470 e. The number of hydrogen-bond acceptors (Lipinski definition) is 6. The number of nitrogens with zero attached hydrogens (tertiary/aromatic N) is 5. The number of H-pyrrole nitrogens is 1. The molecule has 0 amide bonds. The molecule has 0 spiro atoms. The first-order valence-electron chi connectivity index (χ1n) is 9.27. The number of rotatable bonds is 6. The van der Waals surface area contributed by atoms with E-state index in [1.54, 1.807) is 30.8 Å². The lowest BCUT2D eigenvalue weighted by atomic mass is 10.1. The standard InChI is InChI=1S/C20H20Cl2N6O2/c1-11(17-13(21)7-23-8-14(17)22)30-16-5-4-15-19(25-16)18(27-26-15)12-6-24-28(9-12)10-20(2,3)29/h4-9,11,29H,10H2,1-3H3,(H,26,27)/t11-/m1/s1. The third kappa shape index (κ3) is 4.26. The molecule has 4 rings (SSSR count). The fourth-order valence-corrected chi connectivity index (χ4v) is 3.84. The quantitative estimate of drug-likeness (QED) is 0.453. The Morgan fingerprint density at radius 1 is 1.20 bits per heavy atom. The van der Waals surface area contributed by atoms with Gasteiger partial charge in [-0.1, -0.05) is 23.2 Å². The second-order valence-corrected chi connectivity index (χ2v) is 8.45. The highest BCUT2D eigenvalue weighted by Crippen LogP contribution is 2.33. The number of aromatic nitrogens is 6. The van der Waals surface area contributed by atoms with E-state index in [0.717, 1.165) is 11.1 Å². The Bertz CT molecular complexity index is 1180. The van der Waals surface area contributed by atoms with Gasteiger partial charge in [-0.15, -0.1) is 0 Å². The van der Waals surface area contributed by atoms with Gasteiger partial charge < -0.3 is 9.84 Å². The van der Waals surface area contributed by atoms with Crippen molar-refractivity contribution in [2.75, 3.05) is 0 Å². The molecule has 4 heterocycles. The van der Waals surface area contributed by atoms with Crippen molar-refractivity contribution in [2.45, 2.75) is 39.0 Å². The summed E-state index contributed by atoms with van der Waals surface area (Å²) in [5.41, 5.74) is 2.61. The van der Waals surface area contributed by atoms with E-state index in [-0.39, 0.29) is 0 Å². The molecule has 10 heteroatoms. The van der Waals surface area contributed by atoms with Gasteiger partial charge in [-0.2, -0.15) is 10.2 Å². The first kappa shape index (κ1) is 20.6. The van der Waals surface area contributed by atoms with Crippen molar-refractivity contribution < 1.29 is 9.84 Å². The van der Waals surface area contributed by atoms with Crippen LogP contribution in [0.2, 0.25) is 10.0 Å². The van der Waals surface area contributed by atoms with Crippen LogP contribution in [-0.2, 0) is 6.54 Å². The second kappa shape index (κ2) is 7.86. The Morgan fingerprint density at radius 3 is 2.63 bits per heavy atom. The van der Waals surface area contributed by atoms with Gasteiger partial charge in [0, 0.05) is 35.8 Å². The van der Waals surface area contributed by atoms with Gasteiger partial charge in [0.1, 0.15) is 17.3 Å². The molecule has 4 aromatic rings. The largest absolute Gasteiger partial charge is 0.470 e. The van der Waals surface area contributed by atoms with E-state index < -0.39 is 11.7 Å². The highest BCUT2D eigenvalue weighted by Gasteiger charge is 2.19. The number of ether oxygens (including phenoxy) is 1. The zero-order valence-electron chi connectivity index (χ0n) is 16.6. The maximum absolute atomic E-state index is 10.0. The van der Waals surface area contributed by atoms with Gasteiger partial charge in [0.2, 0.25) is 5.88 Å². The molecule has 0 unspecified atom stereocenters. The molecular formula is C20H20Cl2N6O2. The lowest BCUT2D eigenvalue weighted by Gasteiger charge is -2.16. The molecule has 0 aliphatic carbocycles. The van der Waals surface area contributed by atoms with Crippen LogP contribution in [0.25, 0.3) is 22.3 Å². The predicted molar refractivity (Wildman–Crippen MR) is 115 cm³/mol. The van der Waals surface area contributed by atoms with Crippen LogP contribution >= 0.6 is 23.2 Å². The van der Waals surface area contributed by atoms with E-state index in [1.807, 2.05) is 19.2 Å². The lowest BCUT2D eigenvalue weighted by Crippen LogP contribution is -2.26. The van der Waals surface area contributed by atoms with E-state index in [4.69, 9.17) is 27.9 Å². The van der Waals surface area contributed by atoms with Crippen molar-refractivity contribution in [1.82, 2.24) is 29.9 Å². The van der Waals surface area contributed by atoms with Crippen LogP contribution in [0.3, 0.4) is 0 Å². The number of aliphatic hydroxyl groups is 1. The summed E-state index contributed by atoms with van der Waals surface area (Å²) in [5, 5.41) is 22.5. The highest BCUT2D eigenvalue weighted by atomic mass is 35.5. The molecule has 1 atom stereocenters. The third-order valence-electron chi connectivity index (χ3n) is 4.43. The van der Waals surface area contributed by atoms with Crippen LogP contribution in [0.15, 0.2) is 36.9 Å². The van der Waals surface area contributed by atoms with Crippen LogP contribution in [-0.4, -0.2) is 40.7 Å². The summed E-state index contributed by atoms with van der Waals surface area (Å²) in [6.45, 7) is 5.66. The van der Waals surface area contributed by atoms with Crippen molar-refractivity contribution in [2.24, 2.45) is 0 Å². The van der Waals surface area contributed by atoms with Crippen LogP contribution in [0.1, 0.15) is 32.4 Å². The maximum Gasteiger partial charge on any atom is 0.214 e. The van der Waals surface area contributed by atoms with Gasteiger partial charge in [-0.25, -0.2) is 4.98 Å². The Hall–Kier alpha value is -2.68. The van der Waals surface area contributed by atoms with E-state index >= 15 is 0 Å². The van der Waals surface area contributed by atoms with Crippen molar-refractivity contribution in [3.05, 3.63) is 52.5 Å². The fraction of sp³-hybridized carbons (Fsp3) is 0.300. The average molecular weight is 447 g/mol. The number of fused-ring (bicyclic) bond motifs is 1. The summed E-state index contributed by atoms with van der Waals surface area (Å²) in [7, 11) is 0. The number of aromatic amines is 1. The van der Waals surface area contributed by atoms with Crippen LogP contribution in [0.5, 0.6) is 5.88 Å². The first-order valence-corrected chi connectivity index (χ1v) is 10.0. The zero-order valence-corrected chi connectivity index (χ0v) is 18.1. The predicted octanol–water partition coefficient (Wildman–Crippen LogP) is 4.43. The summed E-state index contributed by atoms with van der Waals surface area (Å²) in [6.07, 6.45) is 6.14. The van der Waals surface area contributed by atoms with Crippen LogP contribution in [0.4, 0.5) is 0 Å². The normalized spacial score (nSPS) is 13.0. The van der Waals surface area contributed by atoms with Gasteiger partial charge >= 0.3 is 0 Å². The average Bonchev–Trinajstić information content (AvgIpc) is 3.26. The molecule has 0 saturated heterocycles. The Labute approximate surface area is 182 Å².